The molecule has 2 N–H and O–H groups in total. The molecule has 2 aliphatic carbocycles. The number of carbonyl (C=O) groups is 2. The van der Waals surface area contributed by atoms with Gasteiger partial charge in [0.25, 0.3) is 0 Å². The molecule has 4 atom stereocenters. The molecule has 0 aromatic heterocycles. The minimum Gasteiger partial charge on any atom is -0.481 e. The molecule has 2 saturated carbocycles. The van der Waals surface area contributed by atoms with E-state index in [1.165, 1.54) is 0 Å². The summed E-state index contributed by atoms with van der Waals surface area (Å²) in [4.78, 5) is 21.4. The zero-order valence-electron chi connectivity index (χ0n) is 8.56. The Bertz CT molecular complexity index is 258. The summed E-state index contributed by atoms with van der Waals surface area (Å²) in [6.45, 7) is 0. The van der Waals surface area contributed by atoms with Gasteiger partial charge in [-0.1, -0.05) is 0 Å². The zero-order chi connectivity index (χ0) is 11.0. The Hall–Kier alpha value is -1.06. The Balaban J connectivity index is 2.05. The van der Waals surface area contributed by atoms with Crippen LogP contribution in [0.15, 0.2) is 0 Å². The van der Waals surface area contributed by atoms with Crippen molar-refractivity contribution < 1.29 is 19.8 Å². The van der Waals surface area contributed by atoms with Crippen molar-refractivity contribution in [3.63, 3.8) is 0 Å². The first-order valence-corrected chi connectivity index (χ1v) is 5.51. The van der Waals surface area contributed by atoms with E-state index in [1.807, 2.05) is 0 Å². The number of rotatable bonds is 4. The number of carboxylic acids is 2. The molecule has 4 heteroatoms. The van der Waals surface area contributed by atoms with Crippen LogP contribution in [0.25, 0.3) is 0 Å². The molecule has 0 spiro atoms. The van der Waals surface area contributed by atoms with Crippen LogP contribution in [0.4, 0.5) is 0 Å². The Labute approximate surface area is 88.3 Å². The van der Waals surface area contributed by atoms with Gasteiger partial charge in [0.15, 0.2) is 0 Å². The zero-order valence-corrected chi connectivity index (χ0v) is 8.56. The van der Waals surface area contributed by atoms with Crippen molar-refractivity contribution in [2.45, 2.75) is 32.1 Å². The average molecular weight is 212 g/mol. The summed E-state index contributed by atoms with van der Waals surface area (Å²) in [6.07, 6.45) is 3.55. The van der Waals surface area contributed by atoms with E-state index < -0.39 is 11.9 Å². The highest BCUT2D eigenvalue weighted by atomic mass is 16.4. The second-order valence-electron chi connectivity index (χ2n) is 4.86. The summed E-state index contributed by atoms with van der Waals surface area (Å²) in [5.74, 6) is -0.425. The van der Waals surface area contributed by atoms with Gasteiger partial charge in [-0.3, -0.25) is 9.59 Å². The number of hydrogen-bond acceptors (Lipinski definition) is 2. The van der Waals surface area contributed by atoms with Crippen LogP contribution in [0.2, 0.25) is 0 Å². The molecule has 0 aromatic carbocycles. The molecule has 0 aromatic rings. The average Bonchev–Trinajstić information content (AvgIpc) is 2.67. The fourth-order valence-electron chi connectivity index (χ4n) is 3.57. The van der Waals surface area contributed by atoms with Gasteiger partial charge in [0.05, 0.1) is 0 Å². The molecular weight excluding hydrogens is 196 g/mol. The molecule has 2 rings (SSSR count). The Morgan fingerprint density at radius 2 is 1.33 bits per heavy atom. The second kappa shape index (κ2) is 3.83. The van der Waals surface area contributed by atoms with Gasteiger partial charge in [0.1, 0.15) is 0 Å². The van der Waals surface area contributed by atoms with Gasteiger partial charge in [-0.2, -0.15) is 0 Å². The summed E-state index contributed by atoms with van der Waals surface area (Å²) < 4.78 is 0. The van der Waals surface area contributed by atoms with E-state index >= 15 is 0 Å². The highest BCUT2D eigenvalue weighted by molar-refractivity contribution is 5.69. The smallest absolute Gasteiger partial charge is 0.303 e. The SMILES string of the molecule is O=C(O)CC1C2CCC(C2)C1CC(=O)O. The van der Waals surface area contributed by atoms with Crippen molar-refractivity contribution in [2.75, 3.05) is 0 Å². The van der Waals surface area contributed by atoms with Crippen molar-refractivity contribution in [1.82, 2.24) is 0 Å². The molecule has 0 heterocycles. The fourth-order valence-corrected chi connectivity index (χ4v) is 3.57. The lowest BCUT2D eigenvalue weighted by Gasteiger charge is -2.28. The molecule has 0 saturated heterocycles. The number of carboxylic acid groups (broad SMARTS) is 2. The van der Waals surface area contributed by atoms with E-state index in [2.05, 4.69) is 0 Å². The quantitative estimate of drug-likeness (QED) is 0.742. The van der Waals surface area contributed by atoms with Gasteiger partial charge in [-0.25, -0.2) is 0 Å². The van der Waals surface area contributed by atoms with E-state index in [1.54, 1.807) is 0 Å². The van der Waals surface area contributed by atoms with Crippen molar-refractivity contribution in [2.24, 2.45) is 23.7 Å². The van der Waals surface area contributed by atoms with Crippen molar-refractivity contribution in [3.8, 4) is 0 Å². The predicted octanol–water partition coefficient (Wildman–Crippen LogP) is 1.60. The molecule has 0 radical (unpaired) electrons. The minimum absolute atomic E-state index is 0.109. The summed E-state index contributed by atoms with van der Waals surface area (Å²) >= 11 is 0. The van der Waals surface area contributed by atoms with Crippen LogP contribution in [0.5, 0.6) is 0 Å². The molecule has 0 amide bonds. The third-order valence-electron chi connectivity index (χ3n) is 4.10. The summed E-state index contributed by atoms with van der Waals surface area (Å²) in [5, 5.41) is 17.6. The number of aliphatic carboxylic acids is 2. The molecule has 2 fully saturated rings. The van der Waals surface area contributed by atoms with Crippen LogP contribution < -0.4 is 0 Å². The maximum absolute atomic E-state index is 10.7. The van der Waals surface area contributed by atoms with Gasteiger partial charge >= 0.3 is 11.9 Å². The summed E-state index contributed by atoms with van der Waals surface area (Å²) in [6, 6.07) is 0. The first-order valence-electron chi connectivity index (χ1n) is 5.51. The van der Waals surface area contributed by atoms with Crippen LogP contribution in [0.3, 0.4) is 0 Å². The molecule has 84 valence electrons. The van der Waals surface area contributed by atoms with Crippen molar-refractivity contribution >= 4 is 11.9 Å². The normalized spacial score (nSPS) is 38.1. The number of hydrogen-bond donors (Lipinski definition) is 2. The topological polar surface area (TPSA) is 74.6 Å². The first-order chi connectivity index (χ1) is 7.08. The molecular formula is C11H16O4. The lowest BCUT2D eigenvalue weighted by atomic mass is 9.76. The Morgan fingerprint density at radius 3 is 1.67 bits per heavy atom. The van der Waals surface area contributed by atoms with E-state index in [9.17, 15) is 9.59 Å². The molecule has 4 unspecified atom stereocenters. The van der Waals surface area contributed by atoms with Crippen LogP contribution in [-0.2, 0) is 9.59 Å². The van der Waals surface area contributed by atoms with Crippen LogP contribution in [0, 0.1) is 23.7 Å². The van der Waals surface area contributed by atoms with Gasteiger partial charge in [-0.15, -0.1) is 0 Å². The maximum Gasteiger partial charge on any atom is 0.303 e. The highest BCUT2D eigenvalue weighted by Gasteiger charge is 2.48. The predicted molar refractivity (Wildman–Crippen MR) is 52.3 cm³/mol. The van der Waals surface area contributed by atoms with Gasteiger partial charge in [-0.05, 0) is 42.9 Å². The summed E-state index contributed by atoms with van der Waals surface area (Å²) in [5.41, 5.74) is 0. The molecule has 2 bridgehead atoms. The van der Waals surface area contributed by atoms with Crippen molar-refractivity contribution in [1.29, 1.82) is 0 Å². The molecule has 15 heavy (non-hydrogen) atoms. The third-order valence-corrected chi connectivity index (χ3v) is 4.10. The molecule has 4 nitrogen and oxygen atoms in total. The largest absolute Gasteiger partial charge is 0.481 e. The van der Waals surface area contributed by atoms with E-state index in [0.717, 1.165) is 19.3 Å². The van der Waals surface area contributed by atoms with E-state index in [4.69, 9.17) is 10.2 Å². The standard InChI is InChI=1S/C11H16O4/c12-10(13)4-8-6-1-2-7(3-6)9(8)5-11(14)15/h6-9H,1-5H2,(H,12,13)(H,14,15). The highest BCUT2D eigenvalue weighted by Crippen LogP contribution is 2.54. The number of fused-ring (bicyclic) bond motifs is 2. The Morgan fingerprint density at radius 1 is 0.933 bits per heavy atom. The second-order valence-corrected chi connectivity index (χ2v) is 4.86. The monoisotopic (exact) mass is 212 g/mol. The fraction of sp³-hybridized carbons (Fsp3) is 0.818. The third kappa shape index (κ3) is 1.98. The minimum atomic E-state index is -0.789. The molecule has 0 aliphatic heterocycles. The van der Waals surface area contributed by atoms with E-state index in [-0.39, 0.29) is 24.7 Å². The van der Waals surface area contributed by atoms with Gasteiger partial charge in [0.2, 0.25) is 0 Å². The lowest BCUT2D eigenvalue weighted by molar-refractivity contribution is -0.142. The van der Waals surface area contributed by atoms with Crippen LogP contribution in [0.1, 0.15) is 32.1 Å². The molecule has 2 aliphatic rings. The van der Waals surface area contributed by atoms with Gasteiger partial charge in [0, 0.05) is 12.8 Å². The van der Waals surface area contributed by atoms with E-state index in [0.29, 0.717) is 11.8 Å². The van der Waals surface area contributed by atoms with Crippen molar-refractivity contribution in [3.05, 3.63) is 0 Å². The summed E-state index contributed by atoms with van der Waals surface area (Å²) in [7, 11) is 0. The first kappa shape index (κ1) is 10.5. The van der Waals surface area contributed by atoms with Crippen LogP contribution in [-0.4, -0.2) is 22.2 Å². The lowest BCUT2D eigenvalue weighted by Crippen LogP contribution is -2.26. The van der Waals surface area contributed by atoms with Gasteiger partial charge < -0.3 is 10.2 Å². The maximum atomic E-state index is 10.7. The van der Waals surface area contributed by atoms with Crippen LogP contribution >= 0.6 is 0 Å². The Kier molecular flexibility index (Phi) is 2.67.